The van der Waals surface area contributed by atoms with E-state index in [1.165, 1.54) is 36.4 Å². The molecule has 2 aromatic carbocycles. The molecular weight excluding hydrogens is 296 g/mol. The van der Waals surface area contributed by atoms with Crippen LogP contribution in [0.2, 0.25) is 0 Å². The van der Waals surface area contributed by atoms with Crippen LogP contribution in [0.5, 0.6) is 11.5 Å². The third kappa shape index (κ3) is 2.98. The summed E-state index contributed by atoms with van der Waals surface area (Å²) in [5.41, 5.74) is 0.118. The van der Waals surface area contributed by atoms with Gasteiger partial charge in [0.1, 0.15) is 17.1 Å². The van der Waals surface area contributed by atoms with Gasteiger partial charge in [0, 0.05) is 28.6 Å². The Kier molecular flexibility index (Phi) is 3.68. The van der Waals surface area contributed by atoms with Crippen molar-refractivity contribution in [2.45, 2.75) is 0 Å². The zero-order valence-electron chi connectivity index (χ0n) is 11.9. The maximum atomic E-state index is 12.4. The van der Waals surface area contributed by atoms with Gasteiger partial charge in [-0.15, -0.1) is 0 Å². The average molecular weight is 308 g/mol. The molecule has 0 atom stereocenters. The monoisotopic (exact) mass is 308 g/mol. The molecule has 5 heteroatoms. The second-order valence-electron chi connectivity index (χ2n) is 4.92. The second kappa shape index (κ2) is 5.81. The van der Waals surface area contributed by atoms with E-state index in [4.69, 9.17) is 4.42 Å². The van der Waals surface area contributed by atoms with Crippen LogP contribution >= 0.6 is 0 Å². The fourth-order valence-electron chi connectivity index (χ4n) is 2.24. The smallest absolute Gasteiger partial charge is 0.336 e. The first-order valence-corrected chi connectivity index (χ1v) is 6.82. The lowest BCUT2D eigenvalue weighted by atomic mass is 10.0. The van der Waals surface area contributed by atoms with Gasteiger partial charge < -0.3 is 14.6 Å². The number of benzene rings is 2. The third-order valence-corrected chi connectivity index (χ3v) is 3.34. The number of aromatic hydroxyl groups is 2. The number of carbonyl (C=O) groups is 1. The van der Waals surface area contributed by atoms with Crippen LogP contribution in [0.1, 0.15) is 15.9 Å². The molecule has 0 radical (unpaired) electrons. The largest absolute Gasteiger partial charge is 0.508 e. The first-order valence-electron chi connectivity index (χ1n) is 6.82. The van der Waals surface area contributed by atoms with Crippen LogP contribution in [-0.4, -0.2) is 16.0 Å². The molecule has 0 aliphatic carbocycles. The molecule has 0 bridgehead atoms. The van der Waals surface area contributed by atoms with Crippen molar-refractivity contribution in [3.8, 4) is 11.5 Å². The molecule has 0 aliphatic rings. The molecule has 5 nitrogen and oxygen atoms in total. The van der Waals surface area contributed by atoms with Crippen LogP contribution in [0.3, 0.4) is 0 Å². The third-order valence-electron chi connectivity index (χ3n) is 3.34. The number of phenolic OH excluding ortho intramolecular Hbond substituents is 2. The number of allylic oxidation sites excluding steroid dienone is 1. The molecule has 3 aromatic rings. The van der Waals surface area contributed by atoms with Crippen LogP contribution in [-0.2, 0) is 0 Å². The van der Waals surface area contributed by atoms with E-state index in [9.17, 15) is 19.8 Å². The second-order valence-corrected chi connectivity index (χ2v) is 4.92. The predicted octanol–water partition coefficient (Wildman–Crippen LogP) is 3.10. The standard InChI is InChI=1S/C18H12O5/c19-12-6-7-13-14(10-18(22)23-17(13)9-12)16(21)8-5-11-3-1-2-4-15(11)20/h1-10,19-20H/b8-5+. The maximum Gasteiger partial charge on any atom is 0.336 e. The van der Waals surface area contributed by atoms with Crippen molar-refractivity contribution in [2.24, 2.45) is 0 Å². The van der Waals surface area contributed by atoms with Gasteiger partial charge in [0.2, 0.25) is 0 Å². The number of hydrogen-bond acceptors (Lipinski definition) is 5. The summed E-state index contributed by atoms with van der Waals surface area (Å²) in [6, 6.07) is 11.9. The van der Waals surface area contributed by atoms with Gasteiger partial charge in [0.15, 0.2) is 5.78 Å². The molecule has 23 heavy (non-hydrogen) atoms. The summed E-state index contributed by atoms with van der Waals surface area (Å²) in [4.78, 5) is 24.0. The molecule has 0 aliphatic heterocycles. The van der Waals surface area contributed by atoms with Crippen LogP contribution in [0.15, 0.2) is 63.8 Å². The molecule has 0 amide bonds. The lowest BCUT2D eigenvalue weighted by Gasteiger charge is -2.03. The minimum atomic E-state index is -0.678. The summed E-state index contributed by atoms with van der Waals surface area (Å²) >= 11 is 0. The van der Waals surface area contributed by atoms with E-state index in [0.29, 0.717) is 10.9 Å². The SMILES string of the molecule is O=C(/C=C/c1ccccc1O)c1cc(=O)oc2cc(O)ccc12. The number of phenols is 2. The minimum absolute atomic E-state index is 0.0545. The van der Waals surface area contributed by atoms with Crippen LogP contribution in [0.25, 0.3) is 17.0 Å². The van der Waals surface area contributed by atoms with Crippen LogP contribution in [0.4, 0.5) is 0 Å². The topological polar surface area (TPSA) is 87.7 Å². The minimum Gasteiger partial charge on any atom is -0.508 e. The van der Waals surface area contributed by atoms with Gasteiger partial charge in [-0.3, -0.25) is 4.79 Å². The Balaban J connectivity index is 2.05. The van der Waals surface area contributed by atoms with E-state index in [1.807, 2.05) is 0 Å². The van der Waals surface area contributed by atoms with E-state index >= 15 is 0 Å². The van der Waals surface area contributed by atoms with E-state index in [-0.39, 0.29) is 22.6 Å². The highest BCUT2D eigenvalue weighted by Gasteiger charge is 2.11. The number of hydrogen-bond donors (Lipinski definition) is 2. The van der Waals surface area contributed by atoms with Gasteiger partial charge in [0.25, 0.3) is 0 Å². The quantitative estimate of drug-likeness (QED) is 0.441. The number of rotatable bonds is 3. The molecule has 0 unspecified atom stereocenters. The molecule has 0 fully saturated rings. The summed E-state index contributed by atoms with van der Waals surface area (Å²) < 4.78 is 4.98. The van der Waals surface area contributed by atoms with Gasteiger partial charge in [-0.25, -0.2) is 4.79 Å². The first-order chi connectivity index (χ1) is 11.0. The van der Waals surface area contributed by atoms with Gasteiger partial charge >= 0.3 is 5.63 Å². The average Bonchev–Trinajstić information content (AvgIpc) is 2.52. The molecule has 3 rings (SSSR count). The van der Waals surface area contributed by atoms with Gasteiger partial charge in [-0.05, 0) is 30.4 Å². The molecule has 0 saturated carbocycles. The predicted molar refractivity (Wildman–Crippen MR) is 85.6 cm³/mol. The normalized spacial score (nSPS) is 11.1. The van der Waals surface area contributed by atoms with Crippen LogP contribution < -0.4 is 5.63 Å². The summed E-state index contributed by atoms with van der Waals surface area (Å²) in [6.07, 6.45) is 2.74. The van der Waals surface area contributed by atoms with Crippen molar-refractivity contribution in [3.63, 3.8) is 0 Å². The fraction of sp³-hybridized carbons (Fsp3) is 0. The van der Waals surface area contributed by atoms with E-state index < -0.39 is 11.4 Å². The van der Waals surface area contributed by atoms with Crippen molar-refractivity contribution < 1.29 is 19.4 Å². The number of ketones is 1. The number of fused-ring (bicyclic) bond motifs is 1. The Morgan fingerprint density at radius 1 is 1.04 bits per heavy atom. The lowest BCUT2D eigenvalue weighted by molar-refractivity contribution is 0.104. The van der Waals surface area contributed by atoms with Gasteiger partial charge in [-0.2, -0.15) is 0 Å². The molecular formula is C18H12O5. The van der Waals surface area contributed by atoms with E-state index in [2.05, 4.69) is 0 Å². The Morgan fingerprint density at radius 3 is 2.61 bits per heavy atom. The van der Waals surface area contributed by atoms with Crippen LogP contribution in [0, 0.1) is 0 Å². The summed E-state index contributed by atoms with van der Waals surface area (Å²) in [6.45, 7) is 0. The lowest BCUT2D eigenvalue weighted by Crippen LogP contribution is -2.04. The summed E-state index contributed by atoms with van der Waals surface area (Å²) in [7, 11) is 0. The Hall–Kier alpha value is -3.34. The van der Waals surface area contributed by atoms with Crippen molar-refractivity contribution >= 4 is 22.8 Å². The molecule has 0 spiro atoms. The first kappa shape index (κ1) is 14.6. The van der Waals surface area contributed by atoms with Gasteiger partial charge in [-0.1, -0.05) is 18.2 Å². The van der Waals surface area contributed by atoms with Crippen molar-refractivity contribution in [2.75, 3.05) is 0 Å². The Bertz CT molecular complexity index is 982. The summed E-state index contributed by atoms with van der Waals surface area (Å²) in [5.74, 6) is -0.411. The van der Waals surface area contributed by atoms with Gasteiger partial charge in [0.05, 0.1) is 0 Å². The number of carbonyl (C=O) groups excluding carboxylic acids is 1. The van der Waals surface area contributed by atoms with E-state index in [1.54, 1.807) is 18.2 Å². The maximum absolute atomic E-state index is 12.4. The van der Waals surface area contributed by atoms with Crippen molar-refractivity contribution in [1.29, 1.82) is 0 Å². The Morgan fingerprint density at radius 2 is 1.83 bits per heavy atom. The summed E-state index contributed by atoms with van der Waals surface area (Å²) in [5, 5.41) is 19.6. The molecule has 1 aromatic heterocycles. The molecule has 114 valence electrons. The zero-order valence-corrected chi connectivity index (χ0v) is 11.9. The fourth-order valence-corrected chi connectivity index (χ4v) is 2.24. The Labute approximate surface area is 130 Å². The van der Waals surface area contributed by atoms with E-state index in [0.717, 1.165) is 6.07 Å². The molecule has 0 saturated heterocycles. The molecule has 1 heterocycles. The number of para-hydroxylation sites is 1. The highest BCUT2D eigenvalue weighted by Crippen LogP contribution is 2.23. The highest BCUT2D eigenvalue weighted by molar-refractivity contribution is 6.14. The van der Waals surface area contributed by atoms with Crippen molar-refractivity contribution in [3.05, 3.63) is 76.2 Å². The molecule has 2 N–H and O–H groups in total. The zero-order chi connectivity index (χ0) is 16.4. The highest BCUT2D eigenvalue weighted by atomic mass is 16.4. The van der Waals surface area contributed by atoms with Crippen molar-refractivity contribution in [1.82, 2.24) is 0 Å².